The van der Waals surface area contributed by atoms with E-state index in [1.807, 2.05) is 17.5 Å². The maximum Gasteiger partial charge on any atom is 0.243 e. The van der Waals surface area contributed by atoms with E-state index in [1.165, 1.54) is 16.4 Å². The second-order valence-electron chi connectivity index (χ2n) is 7.42. The Hall–Kier alpha value is -1.77. The highest BCUT2D eigenvalue weighted by Crippen LogP contribution is 2.59. The maximum absolute atomic E-state index is 13.8. The molecule has 2 atom stereocenters. The maximum atomic E-state index is 13.8. The first-order valence-electron chi connectivity index (χ1n) is 8.88. The average Bonchev–Trinajstić information content (AvgIpc) is 2.99. The molecule has 1 aromatic carbocycles. The summed E-state index contributed by atoms with van der Waals surface area (Å²) >= 11 is 1.59. The van der Waals surface area contributed by atoms with E-state index in [9.17, 15) is 17.6 Å². The minimum atomic E-state index is -3.74. The smallest absolute Gasteiger partial charge is 0.243 e. The Labute approximate surface area is 162 Å². The molecule has 2 heterocycles. The van der Waals surface area contributed by atoms with Gasteiger partial charge in [-0.25, -0.2) is 12.8 Å². The van der Waals surface area contributed by atoms with Crippen molar-refractivity contribution in [2.24, 2.45) is 11.3 Å². The zero-order valence-corrected chi connectivity index (χ0v) is 16.6. The van der Waals surface area contributed by atoms with Gasteiger partial charge in [-0.2, -0.15) is 4.31 Å². The van der Waals surface area contributed by atoms with Crippen LogP contribution >= 0.6 is 11.3 Å². The molecule has 1 amide bonds. The zero-order chi connectivity index (χ0) is 19.2. The fourth-order valence-corrected chi connectivity index (χ4v) is 6.02. The molecule has 5 nitrogen and oxygen atoms in total. The molecule has 1 saturated heterocycles. The summed E-state index contributed by atoms with van der Waals surface area (Å²) in [4.78, 5) is 13.5. The van der Waals surface area contributed by atoms with Crippen molar-refractivity contribution in [1.82, 2.24) is 9.62 Å². The number of nitrogens with one attached hydrogen (secondary N) is 1. The van der Waals surface area contributed by atoms with Gasteiger partial charge in [0.15, 0.2) is 0 Å². The first-order valence-corrected chi connectivity index (χ1v) is 11.2. The molecule has 1 spiro atoms. The molecule has 0 unspecified atom stereocenters. The molecule has 27 heavy (non-hydrogen) atoms. The molecule has 0 radical (unpaired) electrons. The molecule has 1 aliphatic heterocycles. The van der Waals surface area contributed by atoms with E-state index < -0.39 is 15.8 Å². The summed E-state index contributed by atoms with van der Waals surface area (Å²) in [6.45, 7) is 2.79. The number of carbonyl (C=O) groups excluding carboxylic acids is 1. The van der Waals surface area contributed by atoms with Gasteiger partial charge in [0, 0.05) is 23.9 Å². The molecule has 0 bridgehead atoms. The van der Waals surface area contributed by atoms with E-state index in [1.54, 1.807) is 18.3 Å². The van der Waals surface area contributed by atoms with Crippen molar-refractivity contribution in [3.05, 3.63) is 52.0 Å². The van der Waals surface area contributed by atoms with Crippen LogP contribution in [0.1, 0.15) is 23.3 Å². The molecule has 8 heteroatoms. The predicted molar refractivity (Wildman–Crippen MR) is 101 cm³/mol. The molecule has 1 N–H and O–H groups in total. The summed E-state index contributed by atoms with van der Waals surface area (Å²) in [5.41, 5.74) is 0.145. The number of amides is 1. The molecule has 2 aliphatic rings. The third-order valence-corrected chi connectivity index (χ3v) is 8.37. The number of thiophene rings is 1. The number of halogens is 1. The van der Waals surface area contributed by atoms with E-state index in [0.717, 1.165) is 10.9 Å². The summed E-state index contributed by atoms with van der Waals surface area (Å²) in [6, 6.07) is 7.91. The summed E-state index contributed by atoms with van der Waals surface area (Å²) < 4.78 is 40.9. The monoisotopic (exact) mass is 408 g/mol. The fourth-order valence-electron chi connectivity index (χ4n) is 3.82. The molecule has 2 fully saturated rings. The molecular formula is C19H21FN2O3S2. The second kappa shape index (κ2) is 6.68. The Morgan fingerprint density at radius 3 is 2.93 bits per heavy atom. The van der Waals surface area contributed by atoms with Gasteiger partial charge in [0.25, 0.3) is 0 Å². The highest BCUT2D eigenvalue weighted by Gasteiger charge is 2.62. The summed E-state index contributed by atoms with van der Waals surface area (Å²) in [7, 11) is -3.74. The van der Waals surface area contributed by atoms with Crippen LogP contribution in [0.5, 0.6) is 0 Å². The van der Waals surface area contributed by atoms with Gasteiger partial charge in [-0.1, -0.05) is 12.1 Å². The van der Waals surface area contributed by atoms with Gasteiger partial charge in [0.05, 0.1) is 11.4 Å². The van der Waals surface area contributed by atoms with E-state index in [-0.39, 0.29) is 22.1 Å². The van der Waals surface area contributed by atoms with Crippen LogP contribution in [0.2, 0.25) is 0 Å². The van der Waals surface area contributed by atoms with Crippen LogP contribution in [0.25, 0.3) is 0 Å². The van der Waals surface area contributed by atoms with Gasteiger partial charge in [-0.3, -0.25) is 4.79 Å². The van der Waals surface area contributed by atoms with Crippen molar-refractivity contribution in [3.63, 3.8) is 0 Å². The van der Waals surface area contributed by atoms with E-state index >= 15 is 0 Å². The molecule has 144 valence electrons. The van der Waals surface area contributed by atoms with Gasteiger partial charge in [0.1, 0.15) is 5.82 Å². The third-order valence-electron chi connectivity index (χ3n) is 5.65. The number of nitrogens with zero attached hydrogens (tertiary/aromatic N) is 1. The van der Waals surface area contributed by atoms with E-state index in [0.29, 0.717) is 38.0 Å². The predicted octanol–water partition coefficient (Wildman–Crippen LogP) is 2.91. The Bertz CT molecular complexity index is 975. The highest BCUT2D eigenvalue weighted by molar-refractivity contribution is 7.89. The van der Waals surface area contributed by atoms with Crippen LogP contribution in [0.4, 0.5) is 4.39 Å². The van der Waals surface area contributed by atoms with Crippen molar-refractivity contribution < 1.29 is 17.6 Å². The lowest BCUT2D eigenvalue weighted by atomic mass is 10.0. The summed E-state index contributed by atoms with van der Waals surface area (Å²) in [6.07, 6.45) is 1.37. The highest BCUT2D eigenvalue weighted by atomic mass is 32.2. The number of aryl methyl sites for hydroxylation is 1. The zero-order valence-electron chi connectivity index (χ0n) is 14.9. The number of hydrogen-bond acceptors (Lipinski definition) is 4. The molecule has 1 aliphatic carbocycles. The second-order valence-corrected chi connectivity index (χ2v) is 10.4. The quantitative estimate of drug-likeness (QED) is 0.827. The molecule has 4 rings (SSSR count). The van der Waals surface area contributed by atoms with Crippen molar-refractivity contribution in [2.45, 2.75) is 31.2 Å². The van der Waals surface area contributed by atoms with Gasteiger partial charge in [-0.15, -0.1) is 11.3 Å². The molecular weight excluding hydrogens is 387 g/mol. The van der Waals surface area contributed by atoms with Crippen LogP contribution in [-0.2, 0) is 21.4 Å². The van der Waals surface area contributed by atoms with Crippen LogP contribution in [0.3, 0.4) is 0 Å². The molecule has 2 aromatic rings. The Morgan fingerprint density at radius 1 is 1.41 bits per heavy atom. The Kier molecular flexibility index (Phi) is 4.60. The Morgan fingerprint density at radius 2 is 2.22 bits per heavy atom. The van der Waals surface area contributed by atoms with Crippen molar-refractivity contribution in [3.8, 4) is 0 Å². The van der Waals surface area contributed by atoms with Crippen LogP contribution < -0.4 is 5.32 Å². The Balaban J connectivity index is 1.41. The first-order chi connectivity index (χ1) is 12.8. The molecule has 1 saturated carbocycles. The number of rotatable bonds is 5. The first kappa shape index (κ1) is 18.6. The van der Waals surface area contributed by atoms with Gasteiger partial charge in [0.2, 0.25) is 15.9 Å². The SMILES string of the molecule is Cc1ccc(S(=O)(=O)N2CC[C@@]3(C[C@H]3C(=O)NCc3cccs3)C2)cc1F. The summed E-state index contributed by atoms with van der Waals surface area (Å²) in [5.74, 6) is -0.682. The van der Waals surface area contributed by atoms with Gasteiger partial charge < -0.3 is 5.32 Å². The van der Waals surface area contributed by atoms with Crippen LogP contribution in [-0.4, -0.2) is 31.7 Å². The van der Waals surface area contributed by atoms with E-state index in [2.05, 4.69) is 5.32 Å². The van der Waals surface area contributed by atoms with E-state index in [4.69, 9.17) is 0 Å². The number of benzene rings is 1. The van der Waals surface area contributed by atoms with Crippen molar-refractivity contribution in [2.75, 3.05) is 13.1 Å². The minimum Gasteiger partial charge on any atom is -0.351 e. The number of sulfonamides is 1. The largest absolute Gasteiger partial charge is 0.351 e. The van der Waals surface area contributed by atoms with Crippen molar-refractivity contribution in [1.29, 1.82) is 0 Å². The topological polar surface area (TPSA) is 66.5 Å². The number of carbonyl (C=O) groups is 1. The lowest BCUT2D eigenvalue weighted by Gasteiger charge is -2.17. The number of hydrogen-bond donors (Lipinski definition) is 1. The van der Waals surface area contributed by atoms with Crippen molar-refractivity contribution >= 4 is 27.3 Å². The fraction of sp³-hybridized carbons (Fsp3) is 0.421. The standard InChI is InChI=1S/C19H21FN2O3S2/c1-13-4-5-15(9-17(13)20)27(24,25)22-7-6-19(12-22)10-16(19)18(23)21-11-14-3-2-8-26-14/h2-5,8-9,16H,6-7,10-12H2,1H3,(H,21,23)/t16-,19+/m0/s1. The molecule has 1 aromatic heterocycles. The lowest BCUT2D eigenvalue weighted by molar-refractivity contribution is -0.123. The summed E-state index contributed by atoms with van der Waals surface area (Å²) in [5, 5.41) is 4.92. The van der Waals surface area contributed by atoms with Gasteiger partial charge in [-0.05, 0) is 54.3 Å². The van der Waals surface area contributed by atoms with Crippen LogP contribution in [0.15, 0.2) is 40.6 Å². The van der Waals surface area contributed by atoms with Crippen LogP contribution in [0, 0.1) is 24.1 Å². The minimum absolute atomic E-state index is 0.0102. The third kappa shape index (κ3) is 3.41. The average molecular weight is 409 g/mol. The normalized spacial score (nSPS) is 25.0. The van der Waals surface area contributed by atoms with Gasteiger partial charge >= 0.3 is 0 Å². The lowest BCUT2D eigenvalue weighted by Crippen LogP contribution is -2.31.